The summed E-state index contributed by atoms with van der Waals surface area (Å²) in [5, 5.41) is 1.88. The third-order valence-corrected chi connectivity index (χ3v) is 8.71. The second-order valence-corrected chi connectivity index (χ2v) is 11.1. The van der Waals surface area contributed by atoms with E-state index in [4.69, 9.17) is 0 Å². The monoisotopic (exact) mass is 384 g/mol. The number of amides is 2. The van der Waals surface area contributed by atoms with E-state index in [0.29, 0.717) is 24.8 Å². The van der Waals surface area contributed by atoms with E-state index in [1.54, 1.807) is 11.9 Å². The van der Waals surface area contributed by atoms with Crippen LogP contribution in [-0.2, 0) is 19.4 Å². The Morgan fingerprint density at radius 2 is 1.77 bits per heavy atom. The molecule has 1 saturated heterocycles. The normalized spacial score (nSPS) is 28.3. The molecule has 0 aromatic heterocycles. The van der Waals surface area contributed by atoms with Gasteiger partial charge in [-0.15, -0.1) is 0 Å². The Morgan fingerprint density at radius 3 is 2.35 bits per heavy atom. The summed E-state index contributed by atoms with van der Waals surface area (Å²) < 4.78 is 24.1. The number of likely N-dealkylation sites (N-methyl/N-ethyl adjacent to an activating group) is 1. The minimum Gasteiger partial charge on any atom is -0.351 e. The molecule has 26 heavy (non-hydrogen) atoms. The van der Waals surface area contributed by atoms with Crippen LogP contribution in [0.5, 0.6) is 0 Å². The van der Waals surface area contributed by atoms with E-state index in [1.165, 1.54) is 25.7 Å². The molecule has 1 N–H and O–H groups in total. The van der Waals surface area contributed by atoms with Gasteiger partial charge in [0.25, 0.3) is 0 Å². The quantitative estimate of drug-likeness (QED) is 0.784. The number of hydrogen-bond acceptors (Lipinski definition) is 4. The summed E-state index contributed by atoms with van der Waals surface area (Å²) in [7, 11) is -1.55. The molecule has 0 bridgehead atoms. The average molecular weight is 385 g/mol. The molecule has 2 atom stereocenters. The van der Waals surface area contributed by atoms with Crippen LogP contribution in [0, 0.1) is 11.3 Å². The maximum absolute atomic E-state index is 12.7. The summed E-state index contributed by atoms with van der Waals surface area (Å²) in [4.78, 5) is 26.7. The predicted molar refractivity (Wildman–Crippen MR) is 100 cm³/mol. The van der Waals surface area contributed by atoms with Crippen molar-refractivity contribution in [2.24, 2.45) is 11.3 Å². The van der Waals surface area contributed by atoms with E-state index in [9.17, 15) is 18.0 Å². The summed E-state index contributed by atoms with van der Waals surface area (Å²) in [6.45, 7) is 2.25. The molecule has 2 amide bonds. The van der Waals surface area contributed by atoms with E-state index < -0.39 is 21.0 Å². The van der Waals surface area contributed by atoms with E-state index in [-0.39, 0.29) is 23.6 Å². The van der Waals surface area contributed by atoms with Gasteiger partial charge in [0, 0.05) is 25.6 Å². The Labute approximate surface area is 157 Å². The lowest BCUT2D eigenvalue weighted by Gasteiger charge is -2.32. The number of nitrogens with one attached hydrogen (secondary N) is 1. The van der Waals surface area contributed by atoms with Crippen LogP contribution in [0.25, 0.3) is 0 Å². The molecular formula is C19H32N2O4S. The second-order valence-electron chi connectivity index (χ2n) is 8.75. The zero-order valence-electron chi connectivity index (χ0n) is 16.0. The van der Waals surface area contributed by atoms with Gasteiger partial charge < -0.3 is 10.2 Å². The molecular weight excluding hydrogens is 352 g/mol. The van der Waals surface area contributed by atoms with Crippen LogP contribution < -0.4 is 5.32 Å². The van der Waals surface area contributed by atoms with E-state index in [2.05, 4.69) is 5.32 Å². The van der Waals surface area contributed by atoms with Gasteiger partial charge in [0.05, 0.1) is 5.75 Å². The van der Waals surface area contributed by atoms with Crippen molar-refractivity contribution in [3.8, 4) is 0 Å². The Balaban J connectivity index is 1.46. The Hall–Kier alpha value is -1.11. The van der Waals surface area contributed by atoms with Crippen molar-refractivity contribution < 1.29 is 18.0 Å². The standard InChI is InChI=1S/C19H32N2O4S/c1-14(20-17(22)16-5-3-4-12-26(16,24)25)13-21(2)18(23)15-6-8-19(9-7-15)10-11-19/h14-16H,3-13H2,1-2H3,(H,20,22). The van der Waals surface area contributed by atoms with Crippen molar-refractivity contribution in [1.29, 1.82) is 0 Å². The molecule has 3 rings (SSSR count). The molecule has 6 nitrogen and oxygen atoms in total. The van der Waals surface area contributed by atoms with Gasteiger partial charge in [-0.25, -0.2) is 8.42 Å². The molecule has 1 spiro atoms. The highest BCUT2D eigenvalue weighted by Gasteiger charge is 2.46. The van der Waals surface area contributed by atoms with Crippen molar-refractivity contribution in [3.63, 3.8) is 0 Å². The lowest BCUT2D eigenvalue weighted by molar-refractivity contribution is -0.136. The number of hydrogen-bond donors (Lipinski definition) is 1. The second kappa shape index (κ2) is 7.49. The number of rotatable bonds is 5. The average Bonchev–Trinajstić information content (AvgIpc) is 3.33. The van der Waals surface area contributed by atoms with Crippen LogP contribution in [0.4, 0.5) is 0 Å². The zero-order chi connectivity index (χ0) is 18.9. The van der Waals surface area contributed by atoms with Gasteiger partial charge in [0.1, 0.15) is 5.25 Å². The fourth-order valence-corrected chi connectivity index (χ4v) is 6.41. The topological polar surface area (TPSA) is 83.6 Å². The van der Waals surface area contributed by atoms with Gasteiger partial charge in [-0.05, 0) is 63.7 Å². The highest BCUT2D eigenvalue weighted by Crippen LogP contribution is 2.57. The summed E-state index contributed by atoms with van der Waals surface area (Å²) in [6.07, 6.45) is 8.77. The summed E-state index contributed by atoms with van der Waals surface area (Å²) in [6, 6.07) is -0.257. The van der Waals surface area contributed by atoms with Crippen LogP contribution in [0.1, 0.15) is 64.7 Å². The Morgan fingerprint density at radius 1 is 1.12 bits per heavy atom. The van der Waals surface area contributed by atoms with Crippen molar-refractivity contribution in [1.82, 2.24) is 10.2 Å². The lowest BCUT2D eigenvalue weighted by atomic mass is 9.79. The first-order valence-electron chi connectivity index (χ1n) is 9.99. The summed E-state index contributed by atoms with van der Waals surface area (Å²) in [5.41, 5.74) is 0.572. The zero-order valence-corrected chi connectivity index (χ0v) is 16.8. The maximum Gasteiger partial charge on any atom is 0.238 e. The SMILES string of the molecule is CC(CN(C)C(=O)C1CCC2(CC1)CC2)NC(=O)C1CCCCS1(=O)=O. The third-order valence-electron chi connectivity index (χ3n) is 6.54. The fourth-order valence-electron chi connectivity index (χ4n) is 4.60. The van der Waals surface area contributed by atoms with Gasteiger partial charge >= 0.3 is 0 Å². The van der Waals surface area contributed by atoms with E-state index in [0.717, 1.165) is 19.3 Å². The number of carbonyl (C=O) groups excluding carboxylic acids is 2. The van der Waals surface area contributed by atoms with Gasteiger partial charge in [-0.3, -0.25) is 9.59 Å². The molecule has 148 valence electrons. The van der Waals surface area contributed by atoms with Crippen LogP contribution in [0.3, 0.4) is 0 Å². The Bertz CT molecular complexity index is 646. The molecule has 3 fully saturated rings. The molecule has 3 aliphatic rings. The first-order valence-corrected chi connectivity index (χ1v) is 11.7. The van der Waals surface area contributed by atoms with Crippen LogP contribution >= 0.6 is 0 Å². The van der Waals surface area contributed by atoms with Gasteiger partial charge in [0.2, 0.25) is 11.8 Å². The largest absolute Gasteiger partial charge is 0.351 e. The van der Waals surface area contributed by atoms with Gasteiger partial charge in [-0.1, -0.05) is 6.42 Å². The number of sulfone groups is 1. The highest BCUT2D eigenvalue weighted by molar-refractivity contribution is 7.92. The molecule has 0 radical (unpaired) electrons. The first kappa shape index (κ1) is 19.6. The van der Waals surface area contributed by atoms with Crippen molar-refractivity contribution >= 4 is 21.7 Å². The van der Waals surface area contributed by atoms with Crippen LogP contribution in [-0.4, -0.2) is 55.8 Å². The summed E-state index contributed by atoms with van der Waals surface area (Å²) >= 11 is 0. The van der Waals surface area contributed by atoms with Crippen LogP contribution in [0.2, 0.25) is 0 Å². The number of nitrogens with zero attached hydrogens (tertiary/aromatic N) is 1. The minimum absolute atomic E-state index is 0.0982. The minimum atomic E-state index is -3.33. The molecule has 1 aliphatic heterocycles. The summed E-state index contributed by atoms with van der Waals surface area (Å²) in [5.74, 6) is -0.0489. The molecule has 1 heterocycles. The van der Waals surface area contributed by atoms with E-state index in [1.807, 2.05) is 6.92 Å². The molecule has 2 aliphatic carbocycles. The maximum atomic E-state index is 12.7. The van der Waals surface area contributed by atoms with Gasteiger partial charge in [0.15, 0.2) is 9.84 Å². The lowest BCUT2D eigenvalue weighted by Crippen LogP contribution is -2.50. The smallest absolute Gasteiger partial charge is 0.238 e. The molecule has 2 unspecified atom stereocenters. The third kappa shape index (κ3) is 4.41. The van der Waals surface area contributed by atoms with Crippen molar-refractivity contribution in [3.05, 3.63) is 0 Å². The molecule has 2 saturated carbocycles. The number of carbonyl (C=O) groups is 2. The predicted octanol–water partition coefficient (Wildman–Crippen LogP) is 1.89. The molecule has 0 aromatic carbocycles. The first-order chi connectivity index (χ1) is 12.2. The molecule has 7 heteroatoms. The Kier molecular flexibility index (Phi) is 5.66. The highest BCUT2D eigenvalue weighted by atomic mass is 32.2. The van der Waals surface area contributed by atoms with Crippen LogP contribution in [0.15, 0.2) is 0 Å². The van der Waals surface area contributed by atoms with E-state index >= 15 is 0 Å². The fraction of sp³-hybridized carbons (Fsp3) is 0.895. The van der Waals surface area contributed by atoms with Crippen molar-refractivity contribution in [2.75, 3.05) is 19.3 Å². The van der Waals surface area contributed by atoms with Crippen molar-refractivity contribution in [2.45, 2.75) is 76.0 Å². The molecule has 0 aromatic rings. The van der Waals surface area contributed by atoms with Gasteiger partial charge in [-0.2, -0.15) is 0 Å².